The van der Waals surface area contributed by atoms with Crippen molar-refractivity contribution in [3.8, 4) is 0 Å². The van der Waals surface area contributed by atoms with Crippen molar-refractivity contribution in [1.82, 2.24) is 14.8 Å². The van der Waals surface area contributed by atoms with Gasteiger partial charge < -0.3 is 11.1 Å². The third kappa shape index (κ3) is 2.68. The number of aryl methyl sites for hydroxylation is 2. The number of rotatable bonds is 3. The minimum atomic E-state index is -0.325. The molecule has 2 aromatic heterocycles. The highest BCUT2D eigenvalue weighted by Gasteiger charge is 2.19. The zero-order chi connectivity index (χ0) is 14.0. The molecule has 3 N–H and O–H groups in total. The Morgan fingerprint density at radius 3 is 2.89 bits per heavy atom. The Morgan fingerprint density at radius 2 is 2.32 bits per heavy atom. The maximum Gasteiger partial charge on any atom is 0.276 e. The number of hydrogen-bond donors (Lipinski definition) is 2. The van der Waals surface area contributed by atoms with E-state index in [2.05, 4.69) is 15.4 Å². The van der Waals surface area contributed by atoms with Crippen LogP contribution in [0, 0.1) is 0 Å². The number of anilines is 2. The molecule has 100 valence electrons. The second kappa shape index (κ2) is 5.27. The van der Waals surface area contributed by atoms with Gasteiger partial charge in [-0.2, -0.15) is 5.10 Å². The summed E-state index contributed by atoms with van der Waals surface area (Å²) < 4.78 is 1.48. The lowest BCUT2D eigenvalue weighted by Gasteiger charge is -2.06. The molecule has 0 aliphatic heterocycles. The van der Waals surface area contributed by atoms with E-state index in [1.807, 2.05) is 6.92 Å². The van der Waals surface area contributed by atoms with Gasteiger partial charge in [-0.1, -0.05) is 18.5 Å². The Kier molecular flexibility index (Phi) is 3.71. The van der Waals surface area contributed by atoms with E-state index < -0.39 is 0 Å². The van der Waals surface area contributed by atoms with Crippen LogP contribution in [0.4, 0.5) is 11.4 Å². The Hall–Kier alpha value is -2.08. The smallest absolute Gasteiger partial charge is 0.276 e. The molecule has 0 unspecified atom stereocenters. The summed E-state index contributed by atoms with van der Waals surface area (Å²) in [6.45, 7) is 1.93. The first-order chi connectivity index (χ1) is 9.02. The van der Waals surface area contributed by atoms with Crippen LogP contribution >= 0.6 is 11.6 Å². The number of carbonyl (C=O) groups is 1. The molecule has 1 amide bonds. The average Bonchev–Trinajstić information content (AvgIpc) is 2.64. The standard InChI is InChI=1S/C12H14ClN5O/c1-3-8-10(14)11(18(2)17-8)12(19)16-7-4-5-15-9(13)6-7/h4-6H,3,14H2,1-2H3,(H,15,16,19). The lowest BCUT2D eigenvalue weighted by molar-refractivity contribution is 0.101. The zero-order valence-corrected chi connectivity index (χ0v) is 11.4. The van der Waals surface area contributed by atoms with Crippen LogP contribution in [-0.2, 0) is 13.5 Å². The van der Waals surface area contributed by atoms with Crippen molar-refractivity contribution in [2.75, 3.05) is 11.1 Å². The van der Waals surface area contributed by atoms with Gasteiger partial charge in [-0.05, 0) is 18.6 Å². The number of carbonyl (C=O) groups excluding carboxylic acids is 1. The summed E-state index contributed by atoms with van der Waals surface area (Å²) in [5, 5.41) is 7.23. The molecule has 0 aliphatic carbocycles. The topological polar surface area (TPSA) is 85.8 Å². The van der Waals surface area contributed by atoms with E-state index in [0.717, 1.165) is 0 Å². The second-order valence-electron chi connectivity index (χ2n) is 4.01. The first-order valence-electron chi connectivity index (χ1n) is 5.77. The lowest BCUT2D eigenvalue weighted by atomic mass is 10.2. The molecule has 2 heterocycles. The molecule has 0 saturated heterocycles. The summed E-state index contributed by atoms with van der Waals surface area (Å²) in [6.07, 6.45) is 2.19. The number of nitrogens with two attached hydrogens (primary N) is 1. The van der Waals surface area contributed by atoms with E-state index in [1.54, 1.807) is 19.2 Å². The summed E-state index contributed by atoms with van der Waals surface area (Å²) in [4.78, 5) is 16.0. The van der Waals surface area contributed by atoms with Crippen LogP contribution in [0.1, 0.15) is 23.1 Å². The van der Waals surface area contributed by atoms with E-state index in [0.29, 0.717) is 34.3 Å². The Bertz CT molecular complexity index is 623. The Labute approximate surface area is 115 Å². The quantitative estimate of drug-likeness (QED) is 0.840. The van der Waals surface area contributed by atoms with Crippen LogP contribution in [0.25, 0.3) is 0 Å². The number of nitrogen functional groups attached to an aromatic ring is 1. The van der Waals surface area contributed by atoms with Gasteiger partial charge in [0.15, 0.2) is 0 Å². The highest BCUT2D eigenvalue weighted by Crippen LogP contribution is 2.19. The van der Waals surface area contributed by atoms with Crippen molar-refractivity contribution in [3.05, 3.63) is 34.9 Å². The molecule has 0 radical (unpaired) electrons. The molecule has 0 aromatic carbocycles. The van der Waals surface area contributed by atoms with Crippen molar-refractivity contribution in [2.24, 2.45) is 7.05 Å². The molecular formula is C12H14ClN5O. The van der Waals surface area contributed by atoms with Crippen LogP contribution in [0.5, 0.6) is 0 Å². The summed E-state index contributed by atoms with van der Waals surface area (Å²) in [5.74, 6) is -0.325. The summed E-state index contributed by atoms with van der Waals surface area (Å²) in [5.41, 5.74) is 7.93. The minimum absolute atomic E-state index is 0.310. The molecule has 0 atom stereocenters. The zero-order valence-electron chi connectivity index (χ0n) is 10.6. The van der Waals surface area contributed by atoms with Crippen molar-refractivity contribution in [3.63, 3.8) is 0 Å². The summed E-state index contributed by atoms with van der Waals surface area (Å²) in [7, 11) is 1.68. The lowest BCUT2D eigenvalue weighted by Crippen LogP contribution is -2.17. The van der Waals surface area contributed by atoms with Crippen LogP contribution in [0.3, 0.4) is 0 Å². The number of amides is 1. The van der Waals surface area contributed by atoms with Crippen LogP contribution in [0.2, 0.25) is 5.15 Å². The fraction of sp³-hybridized carbons (Fsp3) is 0.250. The highest BCUT2D eigenvalue weighted by atomic mass is 35.5. The predicted molar refractivity (Wildman–Crippen MR) is 74.2 cm³/mol. The van der Waals surface area contributed by atoms with E-state index in [1.165, 1.54) is 10.9 Å². The molecule has 0 spiro atoms. The van der Waals surface area contributed by atoms with Gasteiger partial charge in [-0.15, -0.1) is 0 Å². The molecule has 0 saturated carbocycles. The van der Waals surface area contributed by atoms with E-state index in [4.69, 9.17) is 17.3 Å². The highest BCUT2D eigenvalue weighted by molar-refractivity contribution is 6.29. The second-order valence-corrected chi connectivity index (χ2v) is 4.39. The first-order valence-corrected chi connectivity index (χ1v) is 6.15. The molecule has 19 heavy (non-hydrogen) atoms. The average molecular weight is 280 g/mol. The maximum absolute atomic E-state index is 12.2. The van der Waals surface area contributed by atoms with Gasteiger partial charge in [-0.3, -0.25) is 9.48 Å². The Morgan fingerprint density at radius 1 is 1.58 bits per heavy atom. The molecule has 6 nitrogen and oxygen atoms in total. The van der Waals surface area contributed by atoms with E-state index in [-0.39, 0.29) is 5.91 Å². The molecule has 0 fully saturated rings. The summed E-state index contributed by atoms with van der Waals surface area (Å²) >= 11 is 5.76. The van der Waals surface area contributed by atoms with Gasteiger partial charge in [0.25, 0.3) is 5.91 Å². The normalized spacial score (nSPS) is 10.5. The van der Waals surface area contributed by atoms with Gasteiger partial charge in [0.2, 0.25) is 0 Å². The van der Waals surface area contributed by atoms with Crippen molar-refractivity contribution >= 4 is 28.9 Å². The van der Waals surface area contributed by atoms with Gasteiger partial charge >= 0.3 is 0 Å². The van der Waals surface area contributed by atoms with Crippen molar-refractivity contribution in [2.45, 2.75) is 13.3 Å². The molecule has 0 aliphatic rings. The van der Waals surface area contributed by atoms with Gasteiger partial charge in [-0.25, -0.2) is 4.98 Å². The van der Waals surface area contributed by atoms with E-state index >= 15 is 0 Å². The monoisotopic (exact) mass is 279 g/mol. The maximum atomic E-state index is 12.2. The first kappa shape index (κ1) is 13.4. The van der Waals surface area contributed by atoms with Gasteiger partial charge in [0, 0.05) is 18.9 Å². The van der Waals surface area contributed by atoms with E-state index in [9.17, 15) is 4.79 Å². The summed E-state index contributed by atoms with van der Waals surface area (Å²) in [6, 6.07) is 3.21. The fourth-order valence-electron chi connectivity index (χ4n) is 1.80. The Balaban J connectivity index is 2.28. The predicted octanol–water partition coefficient (Wildman–Crippen LogP) is 1.87. The van der Waals surface area contributed by atoms with Crippen molar-refractivity contribution in [1.29, 1.82) is 0 Å². The number of nitrogens with zero attached hydrogens (tertiary/aromatic N) is 3. The molecule has 2 aromatic rings. The van der Waals surface area contributed by atoms with Crippen LogP contribution in [-0.4, -0.2) is 20.7 Å². The van der Waals surface area contributed by atoms with Gasteiger partial charge in [0.05, 0.1) is 11.4 Å². The molecule has 2 rings (SSSR count). The number of nitrogens with one attached hydrogen (secondary N) is 1. The SMILES string of the molecule is CCc1nn(C)c(C(=O)Nc2ccnc(Cl)c2)c1N. The molecule has 0 bridgehead atoms. The minimum Gasteiger partial charge on any atom is -0.395 e. The number of halogens is 1. The van der Waals surface area contributed by atoms with Crippen molar-refractivity contribution < 1.29 is 4.79 Å². The molecular weight excluding hydrogens is 266 g/mol. The number of aromatic nitrogens is 3. The fourth-order valence-corrected chi connectivity index (χ4v) is 1.97. The van der Waals surface area contributed by atoms with Crippen LogP contribution in [0.15, 0.2) is 18.3 Å². The molecule has 7 heteroatoms. The third-order valence-electron chi connectivity index (χ3n) is 2.69. The largest absolute Gasteiger partial charge is 0.395 e. The number of hydrogen-bond acceptors (Lipinski definition) is 4. The van der Waals surface area contributed by atoms with Crippen LogP contribution < -0.4 is 11.1 Å². The number of pyridine rings is 1. The third-order valence-corrected chi connectivity index (χ3v) is 2.90. The van der Waals surface area contributed by atoms with Gasteiger partial charge in [0.1, 0.15) is 10.8 Å².